The molecule has 0 radical (unpaired) electrons. The summed E-state index contributed by atoms with van der Waals surface area (Å²) in [6.45, 7) is 2.34. The van der Waals surface area contributed by atoms with Crippen LogP contribution in [-0.2, 0) is 11.3 Å². The molecular weight excluding hydrogens is 340 g/mol. The second-order valence-corrected chi connectivity index (χ2v) is 6.17. The van der Waals surface area contributed by atoms with Crippen molar-refractivity contribution in [1.82, 2.24) is 0 Å². The molecule has 0 fully saturated rings. The van der Waals surface area contributed by atoms with Gasteiger partial charge in [-0.15, -0.1) is 0 Å². The second-order valence-electron chi connectivity index (χ2n) is 5.25. The predicted molar refractivity (Wildman–Crippen MR) is 94.2 cm³/mol. The lowest BCUT2D eigenvalue weighted by molar-refractivity contribution is 0.116. The van der Waals surface area contributed by atoms with Crippen molar-refractivity contribution in [2.24, 2.45) is 0 Å². The van der Waals surface area contributed by atoms with E-state index in [0.717, 1.165) is 36.3 Å². The number of benzene rings is 2. The predicted octanol–water partition coefficient (Wildman–Crippen LogP) is 5.61. The van der Waals surface area contributed by atoms with Crippen molar-refractivity contribution in [3.63, 3.8) is 0 Å². The third-order valence-electron chi connectivity index (χ3n) is 3.38. The van der Waals surface area contributed by atoms with Gasteiger partial charge < -0.3 is 9.47 Å². The Morgan fingerprint density at radius 2 is 1.41 bits per heavy atom. The average molecular weight is 363 g/mol. The van der Waals surface area contributed by atoms with Crippen molar-refractivity contribution in [1.29, 1.82) is 0 Å². The Kier molecular flexibility index (Phi) is 8.07. The second kappa shape index (κ2) is 10.4. The fourth-order valence-corrected chi connectivity index (χ4v) is 2.41. The fraction of sp³-hybridized carbons (Fsp3) is 0.368. The molecule has 3 heteroatoms. The van der Waals surface area contributed by atoms with Crippen molar-refractivity contribution in [2.45, 2.75) is 32.3 Å². The Balaban J connectivity index is 1.42. The molecule has 0 atom stereocenters. The van der Waals surface area contributed by atoms with Crippen LogP contribution in [0.25, 0.3) is 0 Å². The zero-order valence-corrected chi connectivity index (χ0v) is 14.4. The van der Waals surface area contributed by atoms with Gasteiger partial charge in [0.15, 0.2) is 0 Å². The van der Waals surface area contributed by atoms with Crippen LogP contribution in [0.5, 0.6) is 5.75 Å². The van der Waals surface area contributed by atoms with E-state index in [-0.39, 0.29) is 0 Å². The molecule has 2 nitrogen and oxygen atoms in total. The molecule has 0 heterocycles. The summed E-state index contributed by atoms with van der Waals surface area (Å²) in [4.78, 5) is 0. The van der Waals surface area contributed by atoms with Crippen LogP contribution in [0, 0.1) is 0 Å². The van der Waals surface area contributed by atoms with Gasteiger partial charge in [0.2, 0.25) is 0 Å². The lowest BCUT2D eigenvalue weighted by atomic mass is 10.2. The van der Waals surface area contributed by atoms with E-state index in [1.54, 1.807) is 0 Å². The highest BCUT2D eigenvalue weighted by molar-refractivity contribution is 9.10. The first-order valence-corrected chi connectivity index (χ1v) is 8.64. The van der Waals surface area contributed by atoms with E-state index in [1.165, 1.54) is 18.4 Å². The van der Waals surface area contributed by atoms with Crippen LogP contribution in [0.1, 0.15) is 31.2 Å². The molecule has 0 unspecified atom stereocenters. The van der Waals surface area contributed by atoms with Gasteiger partial charge in [-0.3, -0.25) is 0 Å². The highest BCUT2D eigenvalue weighted by atomic mass is 79.9. The monoisotopic (exact) mass is 362 g/mol. The zero-order chi connectivity index (χ0) is 15.5. The van der Waals surface area contributed by atoms with Gasteiger partial charge in [0.05, 0.1) is 13.2 Å². The highest BCUT2D eigenvalue weighted by Gasteiger charge is 1.95. The molecule has 0 amide bonds. The van der Waals surface area contributed by atoms with Gasteiger partial charge in [0.25, 0.3) is 0 Å². The first kappa shape index (κ1) is 17.0. The Hall–Kier alpha value is -1.32. The molecule has 22 heavy (non-hydrogen) atoms. The summed E-state index contributed by atoms with van der Waals surface area (Å²) in [6, 6.07) is 18.3. The molecular formula is C19H23BrO2. The normalized spacial score (nSPS) is 10.6. The van der Waals surface area contributed by atoms with Crippen LogP contribution in [0.2, 0.25) is 0 Å². The van der Waals surface area contributed by atoms with Crippen LogP contribution >= 0.6 is 15.9 Å². The minimum absolute atomic E-state index is 0.716. The summed E-state index contributed by atoms with van der Waals surface area (Å²) < 4.78 is 12.4. The van der Waals surface area contributed by atoms with Crippen molar-refractivity contribution in [3.05, 3.63) is 64.6 Å². The Morgan fingerprint density at radius 3 is 2.14 bits per heavy atom. The highest BCUT2D eigenvalue weighted by Crippen LogP contribution is 2.16. The lowest BCUT2D eigenvalue weighted by Crippen LogP contribution is -1.98. The summed E-state index contributed by atoms with van der Waals surface area (Å²) in [7, 11) is 0. The smallest absolute Gasteiger partial charge is 0.119 e. The third-order valence-corrected chi connectivity index (χ3v) is 3.91. The lowest BCUT2D eigenvalue weighted by Gasteiger charge is -2.07. The minimum atomic E-state index is 0.716. The van der Waals surface area contributed by atoms with Gasteiger partial charge in [-0.1, -0.05) is 52.7 Å². The van der Waals surface area contributed by atoms with Crippen molar-refractivity contribution < 1.29 is 9.47 Å². The van der Waals surface area contributed by atoms with Gasteiger partial charge >= 0.3 is 0 Å². The van der Waals surface area contributed by atoms with Gasteiger partial charge in [-0.05, 0) is 49.1 Å². The quantitative estimate of drug-likeness (QED) is 0.511. The maximum atomic E-state index is 5.69. The first-order valence-electron chi connectivity index (χ1n) is 7.84. The standard InChI is InChI=1S/C19H23BrO2/c20-18-10-12-19(13-11-18)22-15-7-2-1-6-14-21-16-17-8-4-3-5-9-17/h3-5,8-13H,1-2,6-7,14-16H2. The van der Waals surface area contributed by atoms with Crippen molar-refractivity contribution in [2.75, 3.05) is 13.2 Å². The van der Waals surface area contributed by atoms with E-state index in [2.05, 4.69) is 28.1 Å². The third kappa shape index (κ3) is 7.10. The minimum Gasteiger partial charge on any atom is -0.494 e. The van der Waals surface area contributed by atoms with Crippen molar-refractivity contribution >= 4 is 15.9 Å². The van der Waals surface area contributed by atoms with E-state index < -0.39 is 0 Å². The first-order chi connectivity index (χ1) is 10.8. The number of hydrogen-bond acceptors (Lipinski definition) is 2. The number of rotatable bonds is 10. The molecule has 0 spiro atoms. The fourth-order valence-electron chi connectivity index (χ4n) is 2.14. The molecule has 0 N–H and O–H groups in total. The molecule has 2 rings (SSSR count). The molecule has 0 aliphatic carbocycles. The largest absolute Gasteiger partial charge is 0.494 e. The Morgan fingerprint density at radius 1 is 0.727 bits per heavy atom. The summed E-state index contributed by atoms with van der Waals surface area (Å²) in [5, 5.41) is 0. The summed E-state index contributed by atoms with van der Waals surface area (Å²) >= 11 is 3.42. The average Bonchev–Trinajstić information content (AvgIpc) is 2.56. The summed E-state index contributed by atoms with van der Waals surface area (Å²) in [6.07, 6.45) is 4.59. The van der Waals surface area contributed by atoms with Crippen LogP contribution in [0.3, 0.4) is 0 Å². The number of halogens is 1. The molecule has 0 aromatic heterocycles. The molecule has 0 saturated carbocycles. The Labute approximate surface area is 141 Å². The SMILES string of the molecule is Brc1ccc(OCCCCCCOCc2ccccc2)cc1. The maximum Gasteiger partial charge on any atom is 0.119 e. The molecule has 2 aromatic rings. The molecule has 0 aliphatic rings. The van der Waals surface area contributed by atoms with Crippen LogP contribution in [0.15, 0.2) is 59.1 Å². The number of hydrogen-bond donors (Lipinski definition) is 0. The summed E-state index contributed by atoms with van der Waals surface area (Å²) in [5.74, 6) is 0.939. The van der Waals surface area contributed by atoms with Gasteiger partial charge in [-0.25, -0.2) is 0 Å². The van der Waals surface area contributed by atoms with Crippen molar-refractivity contribution in [3.8, 4) is 5.75 Å². The van der Waals surface area contributed by atoms with Gasteiger partial charge in [-0.2, -0.15) is 0 Å². The van der Waals surface area contributed by atoms with Gasteiger partial charge in [0, 0.05) is 11.1 Å². The molecule has 0 aliphatic heterocycles. The topological polar surface area (TPSA) is 18.5 Å². The molecule has 0 bridgehead atoms. The van der Waals surface area contributed by atoms with E-state index >= 15 is 0 Å². The van der Waals surface area contributed by atoms with Gasteiger partial charge in [0.1, 0.15) is 5.75 Å². The molecule has 2 aromatic carbocycles. The number of ether oxygens (including phenoxy) is 2. The molecule has 118 valence electrons. The zero-order valence-electron chi connectivity index (χ0n) is 12.8. The molecule has 0 saturated heterocycles. The van der Waals surface area contributed by atoms with E-state index in [9.17, 15) is 0 Å². The Bertz CT molecular complexity index is 511. The van der Waals surface area contributed by atoms with Crippen LogP contribution in [0.4, 0.5) is 0 Å². The van der Waals surface area contributed by atoms with Crippen LogP contribution < -0.4 is 4.74 Å². The van der Waals surface area contributed by atoms with E-state index in [4.69, 9.17) is 9.47 Å². The maximum absolute atomic E-state index is 5.69. The van der Waals surface area contributed by atoms with E-state index in [1.807, 2.05) is 42.5 Å². The van der Waals surface area contributed by atoms with Crippen LogP contribution in [-0.4, -0.2) is 13.2 Å². The number of unbranched alkanes of at least 4 members (excludes halogenated alkanes) is 3. The van der Waals surface area contributed by atoms with E-state index in [0.29, 0.717) is 6.61 Å². The summed E-state index contributed by atoms with van der Waals surface area (Å²) in [5.41, 5.74) is 1.24.